The van der Waals surface area contributed by atoms with Crippen LogP contribution in [0.15, 0.2) is 64.3 Å². The van der Waals surface area contributed by atoms with Crippen LogP contribution in [0.4, 0.5) is 5.69 Å². The lowest BCUT2D eigenvalue weighted by atomic mass is 10.3. The molecule has 0 bridgehead atoms. The molecule has 4 rings (SSSR count). The number of hydrogen-bond acceptors (Lipinski definition) is 3. The minimum atomic E-state index is -0.0695. The monoisotopic (exact) mass is 335 g/mol. The van der Waals surface area contributed by atoms with E-state index in [0.717, 1.165) is 22.9 Å². The Morgan fingerprint density at radius 3 is 2.54 bits per heavy atom. The van der Waals surface area contributed by atoms with Crippen molar-refractivity contribution in [2.75, 3.05) is 11.4 Å². The molecule has 0 unspecified atom stereocenters. The summed E-state index contributed by atoms with van der Waals surface area (Å²) in [6, 6.07) is 17.8. The maximum absolute atomic E-state index is 13.0. The molecule has 0 saturated heterocycles. The highest BCUT2D eigenvalue weighted by atomic mass is 32.2. The molecule has 0 radical (unpaired) electrons. The first-order valence-electron chi connectivity index (χ1n) is 7.85. The number of nitrogens with zero attached hydrogens (tertiary/aromatic N) is 2. The van der Waals surface area contributed by atoms with E-state index < -0.39 is 0 Å². The zero-order valence-corrected chi connectivity index (χ0v) is 14.1. The summed E-state index contributed by atoms with van der Waals surface area (Å²) in [5, 5.41) is 5.33. The van der Waals surface area contributed by atoms with Crippen LogP contribution in [0.25, 0.3) is 17.3 Å². The predicted molar refractivity (Wildman–Crippen MR) is 99.9 cm³/mol. The molecular formula is C19H17N3OS. The molecule has 0 saturated carbocycles. The van der Waals surface area contributed by atoms with E-state index in [-0.39, 0.29) is 5.56 Å². The van der Waals surface area contributed by atoms with Gasteiger partial charge >= 0.3 is 0 Å². The number of aromatic nitrogens is 2. The van der Waals surface area contributed by atoms with Gasteiger partial charge in [-0.15, -0.1) is 0 Å². The summed E-state index contributed by atoms with van der Waals surface area (Å²) in [4.78, 5) is 16.4. The van der Waals surface area contributed by atoms with Gasteiger partial charge in [0.2, 0.25) is 0 Å². The average Bonchev–Trinajstić information content (AvgIpc) is 3.12. The number of nitrogens with one attached hydrogen (secondary N) is 1. The van der Waals surface area contributed by atoms with E-state index in [1.165, 1.54) is 4.90 Å². The molecule has 2 heterocycles. The molecule has 2 aromatic carbocycles. The van der Waals surface area contributed by atoms with Crippen molar-refractivity contribution in [1.29, 1.82) is 0 Å². The fraction of sp³-hybridized carbons (Fsp3) is 0.105. The summed E-state index contributed by atoms with van der Waals surface area (Å²) in [7, 11) is 0. The topological polar surface area (TPSA) is 41.0 Å². The first kappa shape index (κ1) is 14.9. The second-order valence-corrected chi connectivity index (χ2v) is 6.59. The van der Waals surface area contributed by atoms with E-state index in [1.54, 1.807) is 16.4 Å². The molecular weight excluding hydrogens is 318 g/mol. The zero-order chi connectivity index (χ0) is 16.7. The predicted octanol–water partition coefficient (Wildman–Crippen LogP) is 2.27. The molecule has 1 aliphatic heterocycles. The molecule has 3 aromatic rings. The fourth-order valence-corrected chi connectivity index (χ4v) is 4.28. The summed E-state index contributed by atoms with van der Waals surface area (Å²) >= 11 is 1.63. The van der Waals surface area contributed by atoms with Crippen LogP contribution < -0.4 is 21.0 Å². The van der Waals surface area contributed by atoms with E-state index in [0.29, 0.717) is 10.6 Å². The number of benzene rings is 2. The van der Waals surface area contributed by atoms with Crippen molar-refractivity contribution in [3.05, 3.63) is 75.5 Å². The maximum Gasteiger partial charge on any atom is 0.281 e. The fourth-order valence-electron chi connectivity index (χ4n) is 3.00. The largest absolute Gasteiger partial charge is 0.335 e. The Hall–Kier alpha value is -2.66. The third-order valence-corrected chi connectivity index (χ3v) is 5.30. The minimum Gasteiger partial charge on any atom is -0.335 e. The van der Waals surface area contributed by atoms with Crippen molar-refractivity contribution in [1.82, 2.24) is 9.78 Å². The van der Waals surface area contributed by atoms with Gasteiger partial charge < -0.3 is 4.90 Å². The lowest BCUT2D eigenvalue weighted by molar-refractivity contribution is 0.838. The van der Waals surface area contributed by atoms with Crippen molar-refractivity contribution < 1.29 is 0 Å². The summed E-state index contributed by atoms with van der Waals surface area (Å²) in [6.07, 6.45) is 0. The van der Waals surface area contributed by atoms with Crippen LogP contribution >= 0.6 is 11.8 Å². The second-order valence-electron chi connectivity index (χ2n) is 5.56. The highest BCUT2D eigenvalue weighted by Gasteiger charge is 2.25. The number of para-hydroxylation sites is 2. The van der Waals surface area contributed by atoms with Gasteiger partial charge in [-0.1, -0.05) is 48.7 Å². The Kier molecular flexibility index (Phi) is 3.58. The lowest BCUT2D eigenvalue weighted by Crippen LogP contribution is -2.39. The lowest BCUT2D eigenvalue weighted by Gasteiger charge is -2.17. The molecule has 120 valence electrons. The van der Waals surface area contributed by atoms with Crippen molar-refractivity contribution in [3.8, 4) is 5.69 Å². The van der Waals surface area contributed by atoms with Gasteiger partial charge in [0.15, 0.2) is 0 Å². The smallest absolute Gasteiger partial charge is 0.281 e. The van der Waals surface area contributed by atoms with Crippen LogP contribution in [-0.2, 0) is 0 Å². The highest BCUT2D eigenvalue weighted by Crippen LogP contribution is 2.45. The van der Waals surface area contributed by atoms with E-state index in [9.17, 15) is 4.79 Å². The SMILES string of the molecule is C=c1[nH]n(-c2ccccc2)c(=O)c1=C1Sc2ccccc2N1CC. The first-order chi connectivity index (χ1) is 11.7. The molecule has 1 N–H and O–H groups in total. The molecule has 1 aromatic heterocycles. The molecule has 24 heavy (non-hydrogen) atoms. The van der Waals surface area contributed by atoms with Crippen LogP contribution in [0.2, 0.25) is 0 Å². The van der Waals surface area contributed by atoms with Crippen molar-refractivity contribution >= 4 is 29.1 Å². The van der Waals surface area contributed by atoms with E-state index in [1.807, 2.05) is 42.5 Å². The van der Waals surface area contributed by atoms with Gasteiger partial charge in [0.25, 0.3) is 5.56 Å². The molecule has 0 aliphatic carbocycles. The molecule has 1 aliphatic rings. The third kappa shape index (κ3) is 2.20. The Morgan fingerprint density at radius 2 is 1.79 bits per heavy atom. The first-order valence-corrected chi connectivity index (χ1v) is 8.66. The van der Waals surface area contributed by atoms with Gasteiger partial charge in [0.1, 0.15) is 0 Å². The van der Waals surface area contributed by atoms with Gasteiger partial charge in [-0.2, -0.15) is 0 Å². The Bertz CT molecular complexity index is 1070. The second kappa shape index (κ2) is 5.76. The van der Waals surface area contributed by atoms with E-state index >= 15 is 0 Å². The third-order valence-electron chi connectivity index (χ3n) is 4.12. The van der Waals surface area contributed by atoms with E-state index in [4.69, 9.17) is 0 Å². The van der Waals surface area contributed by atoms with Gasteiger partial charge in [0, 0.05) is 11.4 Å². The number of aromatic amines is 1. The highest BCUT2D eigenvalue weighted by molar-refractivity contribution is 8.08. The van der Waals surface area contributed by atoms with E-state index in [2.05, 4.69) is 35.6 Å². The van der Waals surface area contributed by atoms with Gasteiger partial charge in [-0.25, -0.2) is 4.68 Å². The molecule has 0 spiro atoms. The summed E-state index contributed by atoms with van der Waals surface area (Å²) in [5.74, 6) is 0. The van der Waals surface area contributed by atoms with Gasteiger partial charge in [-0.05, 0) is 31.2 Å². The number of fused-ring (bicyclic) bond motifs is 1. The average molecular weight is 335 g/mol. The van der Waals surface area contributed by atoms with Crippen LogP contribution in [-0.4, -0.2) is 16.3 Å². The van der Waals surface area contributed by atoms with Gasteiger partial charge in [0.05, 0.1) is 27.0 Å². The number of H-pyrrole nitrogens is 1. The molecule has 0 atom stereocenters. The van der Waals surface area contributed by atoms with Crippen molar-refractivity contribution in [3.63, 3.8) is 0 Å². The number of thioether (sulfide) groups is 1. The van der Waals surface area contributed by atoms with Crippen LogP contribution in [0, 0.1) is 0 Å². The quantitative estimate of drug-likeness (QED) is 0.781. The zero-order valence-electron chi connectivity index (χ0n) is 13.3. The minimum absolute atomic E-state index is 0.0695. The standard InChI is InChI=1S/C19H17N3OS/c1-3-21-15-11-7-8-12-16(15)24-19(21)17-13(2)20-22(18(17)23)14-9-5-4-6-10-14/h4-12,20H,2-3H2,1H3. The summed E-state index contributed by atoms with van der Waals surface area (Å²) < 4.78 is 1.56. The number of anilines is 1. The maximum atomic E-state index is 13.0. The molecule has 4 nitrogen and oxygen atoms in total. The summed E-state index contributed by atoms with van der Waals surface area (Å²) in [5.41, 5.74) is 1.88. The Labute approximate surface area is 143 Å². The normalized spacial score (nSPS) is 15.6. The number of rotatable bonds is 2. The number of hydrogen-bond donors (Lipinski definition) is 1. The van der Waals surface area contributed by atoms with Crippen molar-refractivity contribution in [2.45, 2.75) is 11.8 Å². The Morgan fingerprint density at radius 1 is 1.08 bits per heavy atom. The summed E-state index contributed by atoms with van der Waals surface area (Å²) in [6.45, 7) is 6.96. The van der Waals surface area contributed by atoms with Crippen molar-refractivity contribution in [2.24, 2.45) is 0 Å². The van der Waals surface area contributed by atoms with Crippen LogP contribution in [0.5, 0.6) is 0 Å². The molecule has 0 fully saturated rings. The van der Waals surface area contributed by atoms with Crippen LogP contribution in [0.3, 0.4) is 0 Å². The van der Waals surface area contributed by atoms with Gasteiger partial charge in [-0.3, -0.25) is 9.89 Å². The Balaban J connectivity index is 1.98. The molecule has 0 amide bonds. The molecule has 5 heteroatoms. The van der Waals surface area contributed by atoms with Crippen LogP contribution in [0.1, 0.15) is 6.92 Å².